The number of hydrogen-bond donors (Lipinski definition) is 1. The lowest BCUT2D eigenvalue weighted by atomic mass is 10.1. The molecule has 1 aliphatic heterocycles. The van der Waals surface area contributed by atoms with Gasteiger partial charge in [-0.3, -0.25) is 9.20 Å². The van der Waals surface area contributed by atoms with Gasteiger partial charge in [0.25, 0.3) is 5.56 Å². The molecule has 1 N–H and O–H groups in total. The van der Waals surface area contributed by atoms with Gasteiger partial charge in [-0.05, 0) is 43.3 Å². The molecule has 3 aromatic rings. The molecule has 26 heavy (non-hydrogen) atoms. The standard InChI is InChI=1S/C20H22N4O2/c1-14-12-23(10-9-21-14)16-5-8-19-22-18(11-20(25)24(19)13-16)15-3-6-17(26-2)7-4-15/h3-8,11,13-14,21H,9-10,12H2,1-2H3/t14-/m1/s1. The van der Waals surface area contributed by atoms with Crippen molar-refractivity contribution in [3.63, 3.8) is 0 Å². The lowest BCUT2D eigenvalue weighted by molar-refractivity contribution is 0.415. The molecule has 4 rings (SSSR count). The summed E-state index contributed by atoms with van der Waals surface area (Å²) in [5.74, 6) is 0.779. The lowest BCUT2D eigenvalue weighted by Crippen LogP contribution is -2.49. The van der Waals surface area contributed by atoms with Crippen molar-refractivity contribution in [2.75, 3.05) is 31.6 Å². The maximum absolute atomic E-state index is 12.7. The van der Waals surface area contributed by atoms with E-state index in [2.05, 4.69) is 22.1 Å². The highest BCUT2D eigenvalue weighted by molar-refractivity contribution is 5.63. The molecule has 6 nitrogen and oxygen atoms in total. The summed E-state index contributed by atoms with van der Waals surface area (Å²) in [7, 11) is 1.63. The van der Waals surface area contributed by atoms with Gasteiger partial charge < -0.3 is 15.0 Å². The highest BCUT2D eigenvalue weighted by Crippen LogP contribution is 2.21. The Labute approximate surface area is 152 Å². The molecule has 0 aliphatic carbocycles. The predicted octanol–water partition coefficient (Wildman–Crippen LogP) is 2.17. The fourth-order valence-corrected chi connectivity index (χ4v) is 3.36. The van der Waals surface area contributed by atoms with Crippen molar-refractivity contribution >= 4 is 11.3 Å². The van der Waals surface area contributed by atoms with E-state index in [-0.39, 0.29) is 5.56 Å². The van der Waals surface area contributed by atoms with Crippen LogP contribution in [0.25, 0.3) is 16.9 Å². The van der Waals surface area contributed by atoms with Crippen LogP contribution in [0.5, 0.6) is 5.75 Å². The molecule has 1 fully saturated rings. The van der Waals surface area contributed by atoms with E-state index in [9.17, 15) is 4.79 Å². The van der Waals surface area contributed by atoms with Gasteiger partial charge in [0.15, 0.2) is 0 Å². The molecule has 0 saturated carbocycles. The van der Waals surface area contributed by atoms with Gasteiger partial charge in [-0.1, -0.05) is 0 Å². The summed E-state index contributed by atoms with van der Waals surface area (Å²) in [4.78, 5) is 19.6. The summed E-state index contributed by atoms with van der Waals surface area (Å²) < 4.78 is 6.80. The van der Waals surface area contributed by atoms with Crippen molar-refractivity contribution in [3.8, 4) is 17.0 Å². The van der Waals surface area contributed by atoms with Crippen LogP contribution in [0.2, 0.25) is 0 Å². The van der Waals surface area contributed by atoms with Crippen LogP contribution in [0.3, 0.4) is 0 Å². The number of anilines is 1. The molecule has 1 atom stereocenters. The van der Waals surface area contributed by atoms with E-state index < -0.39 is 0 Å². The van der Waals surface area contributed by atoms with Crippen molar-refractivity contribution in [2.24, 2.45) is 0 Å². The van der Waals surface area contributed by atoms with Crippen LogP contribution in [0.1, 0.15) is 6.92 Å². The summed E-state index contributed by atoms with van der Waals surface area (Å²) in [6, 6.07) is 13.5. The number of rotatable bonds is 3. The molecule has 0 amide bonds. The van der Waals surface area contributed by atoms with Gasteiger partial charge in [0.2, 0.25) is 0 Å². The Morgan fingerprint density at radius 3 is 2.73 bits per heavy atom. The van der Waals surface area contributed by atoms with Gasteiger partial charge in [-0.15, -0.1) is 0 Å². The number of hydrogen-bond acceptors (Lipinski definition) is 5. The third kappa shape index (κ3) is 3.15. The highest BCUT2D eigenvalue weighted by Gasteiger charge is 2.16. The summed E-state index contributed by atoms with van der Waals surface area (Å²) >= 11 is 0. The van der Waals surface area contributed by atoms with Gasteiger partial charge in [0.05, 0.1) is 18.5 Å². The number of aromatic nitrogens is 2. The zero-order valence-electron chi connectivity index (χ0n) is 15.0. The van der Waals surface area contributed by atoms with E-state index in [1.165, 1.54) is 0 Å². The average Bonchev–Trinajstić information content (AvgIpc) is 2.68. The van der Waals surface area contributed by atoms with Gasteiger partial charge in [0.1, 0.15) is 11.4 Å². The zero-order valence-corrected chi connectivity index (χ0v) is 15.0. The monoisotopic (exact) mass is 350 g/mol. The van der Waals surface area contributed by atoms with E-state index in [4.69, 9.17) is 4.74 Å². The topological polar surface area (TPSA) is 58.9 Å². The van der Waals surface area contributed by atoms with Crippen LogP contribution in [0.15, 0.2) is 53.5 Å². The van der Waals surface area contributed by atoms with Crippen molar-refractivity contribution in [3.05, 3.63) is 59.0 Å². The van der Waals surface area contributed by atoms with Crippen LogP contribution in [-0.2, 0) is 0 Å². The number of fused-ring (bicyclic) bond motifs is 1. The van der Waals surface area contributed by atoms with Crippen LogP contribution in [0.4, 0.5) is 5.69 Å². The lowest BCUT2D eigenvalue weighted by Gasteiger charge is -2.33. The first-order chi connectivity index (χ1) is 12.6. The first kappa shape index (κ1) is 16.6. The maximum atomic E-state index is 12.7. The van der Waals surface area contributed by atoms with E-state index in [1.807, 2.05) is 42.6 Å². The van der Waals surface area contributed by atoms with Gasteiger partial charge >= 0.3 is 0 Å². The van der Waals surface area contributed by atoms with Crippen molar-refractivity contribution in [1.29, 1.82) is 0 Å². The first-order valence-corrected chi connectivity index (χ1v) is 8.80. The van der Waals surface area contributed by atoms with Crippen molar-refractivity contribution in [1.82, 2.24) is 14.7 Å². The molecule has 1 aromatic carbocycles. The number of methoxy groups -OCH3 is 1. The van der Waals surface area contributed by atoms with E-state index in [0.29, 0.717) is 17.4 Å². The number of nitrogens with one attached hydrogen (secondary N) is 1. The molecule has 1 saturated heterocycles. The molecule has 0 radical (unpaired) electrons. The number of piperazine rings is 1. The fraction of sp³-hybridized carbons (Fsp3) is 0.300. The van der Waals surface area contributed by atoms with Crippen LogP contribution in [-0.4, -0.2) is 42.2 Å². The number of nitrogens with zero attached hydrogens (tertiary/aromatic N) is 3. The van der Waals surface area contributed by atoms with Gasteiger partial charge in [-0.2, -0.15) is 0 Å². The number of benzene rings is 1. The molecular weight excluding hydrogens is 328 g/mol. The third-order valence-corrected chi connectivity index (χ3v) is 4.76. The highest BCUT2D eigenvalue weighted by atomic mass is 16.5. The van der Waals surface area contributed by atoms with Gasteiger partial charge in [-0.25, -0.2) is 4.98 Å². The smallest absolute Gasteiger partial charge is 0.258 e. The zero-order chi connectivity index (χ0) is 18.1. The molecule has 134 valence electrons. The Bertz CT molecular complexity index is 981. The second-order valence-electron chi connectivity index (χ2n) is 6.62. The molecule has 0 spiro atoms. The Morgan fingerprint density at radius 2 is 2.00 bits per heavy atom. The molecule has 2 aromatic heterocycles. The first-order valence-electron chi connectivity index (χ1n) is 8.80. The second kappa shape index (κ2) is 6.80. The summed E-state index contributed by atoms with van der Waals surface area (Å²) in [6.45, 7) is 4.98. The maximum Gasteiger partial charge on any atom is 0.258 e. The molecule has 3 heterocycles. The minimum Gasteiger partial charge on any atom is -0.497 e. The Kier molecular flexibility index (Phi) is 4.34. The number of pyridine rings is 1. The van der Waals surface area contributed by atoms with Crippen LogP contribution >= 0.6 is 0 Å². The summed E-state index contributed by atoms with van der Waals surface area (Å²) in [5, 5.41) is 3.43. The van der Waals surface area contributed by atoms with Crippen LogP contribution < -0.4 is 20.5 Å². The average molecular weight is 350 g/mol. The van der Waals surface area contributed by atoms with E-state index >= 15 is 0 Å². The van der Waals surface area contributed by atoms with Crippen molar-refractivity contribution < 1.29 is 4.74 Å². The summed E-state index contributed by atoms with van der Waals surface area (Å²) in [5.41, 5.74) is 3.18. The van der Waals surface area contributed by atoms with Crippen LogP contribution in [0, 0.1) is 0 Å². The molecule has 6 heteroatoms. The molecule has 0 bridgehead atoms. The Hall–Kier alpha value is -2.86. The molecular formula is C20H22N4O2. The van der Waals surface area contributed by atoms with Crippen molar-refractivity contribution in [2.45, 2.75) is 13.0 Å². The van der Waals surface area contributed by atoms with Gasteiger partial charge in [0, 0.05) is 43.5 Å². The van der Waals surface area contributed by atoms with E-state index in [1.54, 1.807) is 17.6 Å². The SMILES string of the molecule is COc1ccc(-c2cc(=O)n3cc(N4CCN[C@H](C)C4)ccc3n2)cc1. The normalized spacial score (nSPS) is 17.5. The minimum absolute atomic E-state index is 0.0779. The third-order valence-electron chi connectivity index (χ3n) is 4.76. The number of ether oxygens (including phenoxy) is 1. The van der Waals surface area contributed by atoms with E-state index in [0.717, 1.165) is 36.6 Å². The predicted molar refractivity (Wildman–Crippen MR) is 103 cm³/mol. The largest absolute Gasteiger partial charge is 0.497 e. The second-order valence-corrected chi connectivity index (χ2v) is 6.62. The minimum atomic E-state index is -0.0779. The Morgan fingerprint density at radius 1 is 1.19 bits per heavy atom. The molecule has 1 aliphatic rings. The Balaban J connectivity index is 1.71. The quantitative estimate of drug-likeness (QED) is 0.784. The molecule has 0 unspecified atom stereocenters. The summed E-state index contributed by atoms with van der Waals surface area (Å²) in [6.07, 6.45) is 1.89. The fourth-order valence-electron chi connectivity index (χ4n) is 3.36.